The van der Waals surface area contributed by atoms with Gasteiger partial charge in [0.15, 0.2) is 0 Å². The third kappa shape index (κ3) is 3.28. The number of thioether (sulfide) groups is 1. The van der Waals surface area contributed by atoms with Crippen molar-refractivity contribution in [2.45, 2.75) is 0 Å². The molecule has 1 aromatic rings. The number of hydrogen-bond acceptors (Lipinski definition) is 3. The summed E-state index contributed by atoms with van der Waals surface area (Å²) in [6.45, 7) is 0.984. The lowest BCUT2D eigenvalue weighted by Gasteiger charge is -2.01. The fourth-order valence-corrected chi connectivity index (χ4v) is 1.05. The lowest BCUT2D eigenvalue weighted by atomic mass is 10.4. The van der Waals surface area contributed by atoms with Crippen molar-refractivity contribution in [1.82, 2.24) is 4.98 Å². The Hall–Kier alpha value is -0.700. The van der Waals surface area contributed by atoms with E-state index in [1.165, 1.54) is 0 Å². The Morgan fingerprint density at radius 2 is 2.45 bits per heavy atom. The van der Waals surface area contributed by atoms with Crippen LogP contribution in [0.15, 0.2) is 24.4 Å². The molecule has 60 valence electrons. The summed E-state index contributed by atoms with van der Waals surface area (Å²) < 4.78 is 0. The maximum absolute atomic E-state index is 4.13. The number of nitrogens with one attached hydrogen (secondary N) is 1. The molecule has 0 saturated carbocycles. The molecule has 0 unspecified atom stereocenters. The monoisotopic (exact) mass is 168 g/mol. The minimum Gasteiger partial charge on any atom is -0.369 e. The molecule has 0 fully saturated rings. The van der Waals surface area contributed by atoms with E-state index in [1.54, 1.807) is 6.20 Å². The summed E-state index contributed by atoms with van der Waals surface area (Å²) in [6.07, 6.45) is 3.89. The number of pyridine rings is 1. The first kappa shape index (κ1) is 8.40. The van der Waals surface area contributed by atoms with Crippen molar-refractivity contribution >= 4 is 17.6 Å². The zero-order valence-electron chi connectivity index (χ0n) is 6.58. The van der Waals surface area contributed by atoms with Gasteiger partial charge in [0.2, 0.25) is 0 Å². The van der Waals surface area contributed by atoms with E-state index < -0.39 is 0 Å². The van der Waals surface area contributed by atoms with Gasteiger partial charge in [0.1, 0.15) is 5.82 Å². The zero-order valence-corrected chi connectivity index (χ0v) is 7.40. The first-order valence-electron chi connectivity index (χ1n) is 3.57. The van der Waals surface area contributed by atoms with Crippen LogP contribution in [0.4, 0.5) is 5.82 Å². The van der Waals surface area contributed by atoms with Crippen molar-refractivity contribution in [3.05, 3.63) is 24.4 Å². The van der Waals surface area contributed by atoms with Crippen LogP contribution in [0.2, 0.25) is 0 Å². The van der Waals surface area contributed by atoms with Crippen LogP contribution in [0, 0.1) is 0 Å². The number of aromatic nitrogens is 1. The molecule has 0 atom stereocenters. The second-order valence-electron chi connectivity index (χ2n) is 2.13. The van der Waals surface area contributed by atoms with Crippen LogP contribution in [0.1, 0.15) is 0 Å². The topological polar surface area (TPSA) is 24.9 Å². The molecule has 0 aliphatic carbocycles. The van der Waals surface area contributed by atoms with Crippen LogP contribution >= 0.6 is 11.8 Å². The first-order valence-corrected chi connectivity index (χ1v) is 4.96. The number of hydrogen-bond donors (Lipinski definition) is 1. The smallest absolute Gasteiger partial charge is 0.125 e. The van der Waals surface area contributed by atoms with Gasteiger partial charge in [-0.3, -0.25) is 0 Å². The summed E-state index contributed by atoms with van der Waals surface area (Å²) in [4.78, 5) is 4.13. The average Bonchev–Trinajstić information content (AvgIpc) is 2.07. The van der Waals surface area contributed by atoms with Crippen LogP contribution < -0.4 is 5.32 Å². The summed E-state index contributed by atoms with van der Waals surface area (Å²) in [6, 6.07) is 5.87. The molecule has 0 saturated heterocycles. The standard InChI is InChI=1S/C8H12N2S/c1-11-7-6-10-8-4-2-3-5-9-8/h2-5H,6-7H2,1H3,(H,9,10). The van der Waals surface area contributed by atoms with E-state index in [0.29, 0.717) is 0 Å². The van der Waals surface area contributed by atoms with Crippen molar-refractivity contribution in [1.29, 1.82) is 0 Å². The summed E-state index contributed by atoms with van der Waals surface area (Å²) in [7, 11) is 0. The minimum atomic E-state index is 0.960. The summed E-state index contributed by atoms with van der Waals surface area (Å²) in [5.74, 6) is 2.08. The van der Waals surface area contributed by atoms with E-state index in [1.807, 2.05) is 30.0 Å². The quantitative estimate of drug-likeness (QED) is 0.695. The molecule has 1 N–H and O–H groups in total. The SMILES string of the molecule is CSCCNc1ccccn1. The van der Waals surface area contributed by atoms with Gasteiger partial charge in [-0.15, -0.1) is 0 Å². The summed E-state index contributed by atoms with van der Waals surface area (Å²) in [5, 5.41) is 3.21. The molecule has 1 rings (SSSR count). The molecule has 1 heterocycles. The van der Waals surface area contributed by atoms with Gasteiger partial charge in [-0.1, -0.05) is 6.07 Å². The molecule has 0 amide bonds. The second kappa shape index (κ2) is 5.02. The molecule has 0 spiro atoms. The van der Waals surface area contributed by atoms with Gasteiger partial charge < -0.3 is 5.32 Å². The lowest BCUT2D eigenvalue weighted by molar-refractivity contribution is 1.17. The molecular formula is C8H12N2S. The van der Waals surface area contributed by atoms with Gasteiger partial charge in [0.05, 0.1) is 0 Å². The maximum Gasteiger partial charge on any atom is 0.125 e. The van der Waals surface area contributed by atoms with Gasteiger partial charge in [-0.05, 0) is 18.4 Å². The van der Waals surface area contributed by atoms with E-state index in [9.17, 15) is 0 Å². The molecule has 0 aliphatic heterocycles. The van der Waals surface area contributed by atoms with Crippen LogP contribution in [-0.2, 0) is 0 Å². The van der Waals surface area contributed by atoms with E-state index in [4.69, 9.17) is 0 Å². The number of anilines is 1. The normalized spacial score (nSPS) is 9.55. The molecule has 2 nitrogen and oxygen atoms in total. The molecule has 3 heteroatoms. The highest BCUT2D eigenvalue weighted by atomic mass is 32.2. The highest BCUT2D eigenvalue weighted by Gasteiger charge is 1.87. The van der Waals surface area contributed by atoms with E-state index in [2.05, 4.69) is 16.6 Å². The summed E-state index contributed by atoms with van der Waals surface area (Å²) >= 11 is 1.83. The third-order valence-corrected chi connectivity index (χ3v) is 1.89. The van der Waals surface area contributed by atoms with Crippen molar-refractivity contribution in [3.63, 3.8) is 0 Å². The van der Waals surface area contributed by atoms with E-state index in [0.717, 1.165) is 18.1 Å². The van der Waals surface area contributed by atoms with Crippen LogP contribution in [0.5, 0.6) is 0 Å². The predicted octanol–water partition coefficient (Wildman–Crippen LogP) is 1.86. The highest BCUT2D eigenvalue weighted by Crippen LogP contribution is 1.99. The van der Waals surface area contributed by atoms with Crippen LogP contribution in [0.25, 0.3) is 0 Å². The molecule has 0 radical (unpaired) electrons. The van der Waals surface area contributed by atoms with Crippen LogP contribution in [-0.4, -0.2) is 23.5 Å². The van der Waals surface area contributed by atoms with Gasteiger partial charge in [-0.2, -0.15) is 11.8 Å². The zero-order chi connectivity index (χ0) is 7.94. The largest absolute Gasteiger partial charge is 0.369 e. The van der Waals surface area contributed by atoms with Gasteiger partial charge in [-0.25, -0.2) is 4.98 Å². The van der Waals surface area contributed by atoms with E-state index >= 15 is 0 Å². The van der Waals surface area contributed by atoms with Gasteiger partial charge in [0, 0.05) is 18.5 Å². The van der Waals surface area contributed by atoms with Gasteiger partial charge >= 0.3 is 0 Å². The molecule has 0 aliphatic rings. The van der Waals surface area contributed by atoms with Crippen molar-refractivity contribution in [2.24, 2.45) is 0 Å². The van der Waals surface area contributed by atoms with Crippen molar-refractivity contribution < 1.29 is 0 Å². The van der Waals surface area contributed by atoms with Crippen LogP contribution in [0.3, 0.4) is 0 Å². The summed E-state index contributed by atoms with van der Waals surface area (Å²) in [5.41, 5.74) is 0. The Labute approximate surface area is 71.4 Å². The Kier molecular flexibility index (Phi) is 3.83. The maximum atomic E-state index is 4.13. The van der Waals surface area contributed by atoms with Gasteiger partial charge in [0.25, 0.3) is 0 Å². The first-order chi connectivity index (χ1) is 5.43. The minimum absolute atomic E-state index is 0.960. The Bertz CT molecular complexity index is 189. The van der Waals surface area contributed by atoms with E-state index in [-0.39, 0.29) is 0 Å². The Balaban J connectivity index is 2.28. The van der Waals surface area contributed by atoms with Crippen molar-refractivity contribution in [2.75, 3.05) is 23.9 Å². The molecular weight excluding hydrogens is 156 g/mol. The molecule has 1 aromatic heterocycles. The Morgan fingerprint density at radius 1 is 1.55 bits per heavy atom. The molecule has 0 bridgehead atoms. The van der Waals surface area contributed by atoms with Crippen molar-refractivity contribution in [3.8, 4) is 0 Å². The average molecular weight is 168 g/mol. The predicted molar refractivity (Wildman–Crippen MR) is 51.1 cm³/mol. The molecule has 11 heavy (non-hydrogen) atoms. The lowest BCUT2D eigenvalue weighted by Crippen LogP contribution is -2.04. The highest BCUT2D eigenvalue weighted by molar-refractivity contribution is 7.98. The fourth-order valence-electron chi connectivity index (χ4n) is 0.748. The number of rotatable bonds is 4. The number of nitrogens with zero attached hydrogens (tertiary/aromatic N) is 1. The second-order valence-corrected chi connectivity index (χ2v) is 3.12. The third-order valence-electron chi connectivity index (χ3n) is 1.28. The fraction of sp³-hybridized carbons (Fsp3) is 0.375. The molecule has 0 aromatic carbocycles. The Morgan fingerprint density at radius 3 is 3.09 bits per heavy atom.